The van der Waals surface area contributed by atoms with E-state index in [1.165, 1.54) is 6.42 Å². The molecule has 0 bridgehead atoms. The van der Waals surface area contributed by atoms with Crippen LogP contribution in [0, 0.1) is 5.92 Å². The Hall–Kier alpha value is -1.58. The lowest BCUT2D eigenvalue weighted by Crippen LogP contribution is -2.54. The molecule has 1 saturated carbocycles. The van der Waals surface area contributed by atoms with Gasteiger partial charge in [-0.05, 0) is 37.7 Å². The molecule has 2 heterocycles. The van der Waals surface area contributed by atoms with Gasteiger partial charge in [-0.3, -0.25) is 9.78 Å². The van der Waals surface area contributed by atoms with Crippen molar-refractivity contribution < 1.29 is 4.79 Å². The monoisotopic (exact) mass is 245 g/mol. The van der Waals surface area contributed by atoms with E-state index in [1.54, 1.807) is 12.4 Å². The van der Waals surface area contributed by atoms with Crippen LogP contribution in [-0.4, -0.2) is 16.4 Å². The van der Waals surface area contributed by atoms with Crippen LogP contribution in [-0.2, 0) is 4.79 Å². The molecule has 1 aromatic heterocycles. The van der Waals surface area contributed by atoms with Gasteiger partial charge in [0.05, 0.1) is 17.6 Å². The van der Waals surface area contributed by atoms with Gasteiger partial charge in [-0.25, -0.2) is 0 Å². The molecule has 0 atom stereocenters. The van der Waals surface area contributed by atoms with Gasteiger partial charge in [0, 0.05) is 6.20 Å². The average molecular weight is 245 g/mol. The number of rotatable bonds is 1. The Balaban J connectivity index is 1.85. The molecule has 2 aliphatic rings. The Bertz CT molecular complexity index is 464. The third kappa shape index (κ3) is 1.76. The molecule has 1 aliphatic heterocycles. The fourth-order valence-corrected chi connectivity index (χ4v) is 3.09. The van der Waals surface area contributed by atoms with Gasteiger partial charge in [0.25, 0.3) is 0 Å². The molecule has 4 nitrogen and oxygen atoms in total. The highest BCUT2D eigenvalue weighted by Crippen LogP contribution is 2.40. The molecule has 0 saturated heterocycles. The summed E-state index contributed by atoms with van der Waals surface area (Å²) >= 11 is 0. The molecular weight excluding hydrogens is 226 g/mol. The summed E-state index contributed by atoms with van der Waals surface area (Å²) in [5.41, 5.74) is 1.41. The predicted octanol–water partition coefficient (Wildman–Crippen LogP) is 2.78. The zero-order chi connectivity index (χ0) is 12.6. The van der Waals surface area contributed by atoms with Crippen molar-refractivity contribution >= 4 is 17.3 Å². The molecule has 0 unspecified atom stereocenters. The minimum atomic E-state index is -0.389. The van der Waals surface area contributed by atoms with E-state index in [-0.39, 0.29) is 11.4 Å². The van der Waals surface area contributed by atoms with Gasteiger partial charge >= 0.3 is 0 Å². The first-order chi connectivity index (χ1) is 8.73. The van der Waals surface area contributed by atoms with Gasteiger partial charge in [0.1, 0.15) is 5.54 Å². The Labute approximate surface area is 107 Å². The van der Waals surface area contributed by atoms with Crippen molar-refractivity contribution in [1.29, 1.82) is 0 Å². The maximum absolute atomic E-state index is 12.3. The Kier molecular flexibility index (Phi) is 2.73. The van der Waals surface area contributed by atoms with Gasteiger partial charge in [0.2, 0.25) is 5.91 Å². The average Bonchev–Trinajstić information content (AvgIpc) is 2.41. The molecule has 0 aromatic carbocycles. The lowest BCUT2D eigenvalue weighted by molar-refractivity contribution is -0.121. The number of anilines is 2. The molecule has 1 amide bonds. The van der Waals surface area contributed by atoms with Crippen LogP contribution in [0.25, 0.3) is 0 Å². The molecule has 0 radical (unpaired) electrons. The molecule has 1 aromatic rings. The zero-order valence-corrected chi connectivity index (χ0v) is 10.7. The highest BCUT2D eigenvalue weighted by Gasteiger charge is 2.44. The lowest BCUT2D eigenvalue weighted by atomic mass is 9.74. The minimum absolute atomic E-state index is 0.109. The minimum Gasteiger partial charge on any atom is -0.369 e. The molecule has 18 heavy (non-hydrogen) atoms. The fourth-order valence-electron chi connectivity index (χ4n) is 3.09. The summed E-state index contributed by atoms with van der Waals surface area (Å²) in [5, 5.41) is 6.44. The van der Waals surface area contributed by atoms with Crippen molar-refractivity contribution in [1.82, 2.24) is 4.98 Å². The molecule has 4 heteroatoms. The second-order valence-corrected chi connectivity index (χ2v) is 5.43. The van der Waals surface area contributed by atoms with Crippen LogP contribution >= 0.6 is 0 Å². The number of carbonyl (C=O) groups is 1. The number of carbonyl (C=O) groups excluding carboxylic acids is 1. The number of hydrogen-bond acceptors (Lipinski definition) is 3. The molecule has 1 aliphatic carbocycles. The number of fused-ring (bicyclic) bond motifs is 1. The summed E-state index contributed by atoms with van der Waals surface area (Å²) in [4.78, 5) is 16.4. The summed E-state index contributed by atoms with van der Waals surface area (Å²) in [6.07, 6.45) is 8.81. The predicted molar refractivity (Wildman–Crippen MR) is 71.5 cm³/mol. The van der Waals surface area contributed by atoms with Crippen molar-refractivity contribution in [3.05, 3.63) is 18.5 Å². The van der Waals surface area contributed by atoms with Crippen molar-refractivity contribution in [2.75, 3.05) is 10.6 Å². The van der Waals surface area contributed by atoms with Crippen molar-refractivity contribution in [3.8, 4) is 0 Å². The summed E-state index contributed by atoms with van der Waals surface area (Å²) in [7, 11) is 0. The van der Waals surface area contributed by atoms with E-state index in [0.29, 0.717) is 0 Å². The molecular formula is C14H19N3O. The number of aromatic nitrogens is 1. The first kappa shape index (κ1) is 11.5. The fraction of sp³-hybridized carbons (Fsp3) is 0.571. The quantitative estimate of drug-likeness (QED) is 0.800. The van der Waals surface area contributed by atoms with E-state index in [9.17, 15) is 4.79 Å². The summed E-state index contributed by atoms with van der Waals surface area (Å²) in [5.74, 6) is 0.890. The summed E-state index contributed by atoms with van der Waals surface area (Å²) < 4.78 is 0. The first-order valence-corrected chi connectivity index (χ1v) is 6.77. The Morgan fingerprint density at radius 2 is 2.17 bits per heavy atom. The number of amides is 1. The molecule has 1 spiro atoms. The summed E-state index contributed by atoms with van der Waals surface area (Å²) in [6, 6.07) is 1.93. The van der Waals surface area contributed by atoms with Gasteiger partial charge in [-0.15, -0.1) is 0 Å². The van der Waals surface area contributed by atoms with Crippen LogP contribution < -0.4 is 10.6 Å². The van der Waals surface area contributed by atoms with E-state index in [1.807, 2.05) is 6.07 Å². The van der Waals surface area contributed by atoms with Crippen LogP contribution in [0.15, 0.2) is 18.5 Å². The highest BCUT2D eigenvalue weighted by molar-refractivity contribution is 6.05. The number of nitrogens with one attached hydrogen (secondary N) is 2. The zero-order valence-electron chi connectivity index (χ0n) is 10.7. The smallest absolute Gasteiger partial charge is 0.250 e. The van der Waals surface area contributed by atoms with E-state index >= 15 is 0 Å². The second kappa shape index (κ2) is 4.26. The molecule has 2 N–H and O–H groups in total. The van der Waals surface area contributed by atoms with Crippen molar-refractivity contribution in [2.45, 2.75) is 44.6 Å². The van der Waals surface area contributed by atoms with Crippen LogP contribution in [0.1, 0.15) is 39.0 Å². The Morgan fingerprint density at radius 3 is 2.89 bits per heavy atom. The Morgan fingerprint density at radius 1 is 1.39 bits per heavy atom. The SMILES string of the molecule is CCC1CCC2(CC1)Nc1ccncc1NC2=O. The largest absolute Gasteiger partial charge is 0.369 e. The van der Waals surface area contributed by atoms with E-state index in [4.69, 9.17) is 0 Å². The highest BCUT2D eigenvalue weighted by atomic mass is 16.2. The lowest BCUT2D eigenvalue weighted by Gasteiger charge is -2.43. The molecule has 1 fully saturated rings. The standard InChI is InChI=1S/C14H19N3O/c1-2-10-3-6-14(7-4-10)13(18)16-12-9-15-8-5-11(12)17-14/h5,8-10,17H,2-4,6-7H2,1H3,(H,16,18). The second-order valence-electron chi connectivity index (χ2n) is 5.43. The number of pyridine rings is 1. The van der Waals surface area contributed by atoms with Crippen LogP contribution in [0.3, 0.4) is 0 Å². The normalized spacial score (nSPS) is 30.5. The van der Waals surface area contributed by atoms with Gasteiger partial charge in [-0.1, -0.05) is 13.3 Å². The number of nitrogens with zero attached hydrogens (tertiary/aromatic N) is 1. The number of hydrogen-bond donors (Lipinski definition) is 2. The van der Waals surface area contributed by atoms with Crippen LogP contribution in [0.2, 0.25) is 0 Å². The van der Waals surface area contributed by atoms with E-state index in [0.717, 1.165) is 43.0 Å². The van der Waals surface area contributed by atoms with E-state index in [2.05, 4.69) is 22.5 Å². The van der Waals surface area contributed by atoms with E-state index < -0.39 is 0 Å². The van der Waals surface area contributed by atoms with Crippen molar-refractivity contribution in [3.63, 3.8) is 0 Å². The van der Waals surface area contributed by atoms with Crippen molar-refractivity contribution in [2.24, 2.45) is 5.92 Å². The van der Waals surface area contributed by atoms with Crippen LogP contribution in [0.5, 0.6) is 0 Å². The van der Waals surface area contributed by atoms with Gasteiger partial charge in [0.15, 0.2) is 0 Å². The molecule has 3 rings (SSSR count). The third-order valence-corrected chi connectivity index (χ3v) is 4.41. The van der Waals surface area contributed by atoms with Crippen LogP contribution in [0.4, 0.5) is 11.4 Å². The maximum atomic E-state index is 12.3. The third-order valence-electron chi connectivity index (χ3n) is 4.41. The summed E-state index contributed by atoms with van der Waals surface area (Å²) in [6.45, 7) is 2.23. The maximum Gasteiger partial charge on any atom is 0.250 e. The van der Waals surface area contributed by atoms with Gasteiger partial charge < -0.3 is 10.6 Å². The van der Waals surface area contributed by atoms with Gasteiger partial charge in [-0.2, -0.15) is 0 Å². The molecule has 96 valence electrons. The topological polar surface area (TPSA) is 54.0 Å². The first-order valence-electron chi connectivity index (χ1n) is 6.77.